The van der Waals surface area contributed by atoms with Gasteiger partial charge in [-0.1, -0.05) is 30.7 Å². The third kappa shape index (κ3) is 4.11. The van der Waals surface area contributed by atoms with Gasteiger partial charge in [0.2, 0.25) is 0 Å². The minimum atomic E-state index is 0.963. The quantitative estimate of drug-likeness (QED) is 0.796. The molecule has 1 aliphatic rings. The van der Waals surface area contributed by atoms with Crippen LogP contribution in [0, 0.1) is 5.92 Å². The lowest BCUT2D eigenvalue weighted by Gasteiger charge is -2.30. The molecule has 0 atom stereocenters. The zero-order valence-electron chi connectivity index (χ0n) is 11.8. The predicted octanol–water partition coefficient (Wildman–Crippen LogP) is 2.68. The maximum absolute atomic E-state index is 3.19. The Morgan fingerprint density at radius 1 is 1.17 bits per heavy atom. The molecule has 1 saturated carbocycles. The van der Waals surface area contributed by atoms with Crippen molar-refractivity contribution in [1.29, 1.82) is 0 Å². The highest BCUT2D eigenvalue weighted by atomic mass is 15.1. The molecule has 2 nitrogen and oxygen atoms in total. The smallest absolute Gasteiger partial charge is 0.0230 e. The van der Waals surface area contributed by atoms with Crippen molar-refractivity contribution in [3.05, 3.63) is 35.4 Å². The molecule has 0 amide bonds. The SMILES string of the molecule is CNCCc1ccc(CN(C)CC2CCC2)cc1. The van der Waals surface area contributed by atoms with E-state index in [4.69, 9.17) is 0 Å². The summed E-state index contributed by atoms with van der Waals surface area (Å²) in [7, 11) is 4.25. The minimum Gasteiger partial charge on any atom is -0.319 e. The molecule has 100 valence electrons. The lowest BCUT2D eigenvalue weighted by atomic mass is 9.85. The molecule has 1 aromatic rings. The Labute approximate surface area is 111 Å². The van der Waals surface area contributed by atoms with E-state index < -0.39 is 0 Å². The molecule has 2 heteroatoms. The van der Waals surface area contributed by atoms with Gasteiger partial charge >= 0.3 is 0 Å². The van der Waals surface area contributed by atoms with Crippen LogP contribution in [0.3, 0.4) is 0 Å². The summed E-state index contributed by atoms with van der Waals surface area (Å²) in [5.74, 6) is 0.963. The molecule has 1 aliphatic carbocycles. The fourth-order valence-electron chi connectivity index (χ4n) is 2.57. The minimum absolute atomic E-state index is 0.963. The highest BCUT2D eigenvalue weighted by Crippen LogP contribution is 2.27. The van der Waals surface area contributed by atoms with E-state index in [1.54, 1.807) is 0 Å². The van der Waals surface area contributed by atoms with E-state index in [1.807, 2.05) is 7.05 Å². The van der Waals surface area contributed by atoms with Crippen LogP contribution in [0.1, 0.15) is 30.4 Å². The lowest BCUT2D eigenvalue weighted by Crippen LogP contribution is -2.29. The standard InChI is InChI=1S/C16H26N2/c1-17-11-10-14-6-8-16(9-7-14)13-18(2)12-15-4-3-5-15/h6-9,15,17H,3-5,10-13H2,1-2H3. The molecule has 0 bridgehead atoms. The number of benzene rings is 1. The van der Waals surface area contributed by atoms with Crippen molar-refractivity contribution in [3.8, 4) is 0 Å². The number of nitrogens with zero attached hydrogens (tertiary/aromatic N) is 1. The molecule has 0 radical (unpaired) electrons. The van der Waals surface area contributed by atoms with Gasteiger partial charge in [-0.15, -0.1) is 0 Å². The molecule has 18 heavy (non-hydrogen) atoms. The molecule has 0 unspecified atom stereocenters. The Morgan fingerprint density at radius 3 is 2.39 bits per heavy atom. The van der Waals surface area contributed by atoms with Gasteiger partial charge < -0.3 is 10.2 Å². The van der Waals surface area contributed by atoms with Crippen molar-refractivity contribution in [2.75, 3.05) is 27.2 Å². The van der Waals surface area contributed by atoms with Crippen LogP contribution < -0.4 is 5.32 Å². The largest absolute Gasteiger partial charge is 0.319 e. The van der Waals surface area contributed by atoms with Gasteiger partial charge in [0, 0.05) is 13.1 Å². The van der Waals surface area contributed by atoms with Gasteiger partial charge in [0.15, 0.2) is 0 Å². The van der Waals surface area contributed by atoms with Gasteiger partial charge in [0.25, 0.3) is 0 Å². The summed E-state index contributed by atoms with van der Waals surface area (Å²) in [5.41, 5.74) is 2.86. The number of hydrogen-bond acceptors (Lipinski definition) is 2. The average Bonchev–Trinajstić information content (AvgIpc) is 2.33. The third-order valence-corrected chi connectivity index (χ3v) is 3.93. The molecule has 0 aliphatic heterocycles. The summed E-state index contributed by atoms with van der Waals surface area (Å²) in [6.45, 7) is 3.41. The number of rotatable bonds is 7. The van der Waals surface area contributed by atoms with Gasteiger partial charge in [-0.2, -0.15) is 0 Å². The maximum Gasteiger partial charge on any atom is 0.0230 e. The first-order valence-corrected chi connectivity index (χ1v) is 7.19. The maximum atomic E-state index is 3.19. The normalized spacial score (nSPS) is 15.9. The van der Waals surface area contributed by atoms with Crippen molar-refractivity contribution in [3.63, 3.8) is 0 Å². The molecule has 2 rings (SSSR count). The molecule has 0 saturated heterocycles. The Morgan fingerprint density at radius 2 is 1.83 bits per heavy atom. The van der Waals surface area contributed by atoms with E-state index in [1.165, 1.54) is 36.9 Å². The second-order valence-corrected chi connectivity index (χ2v) is 5.66. The molecule has 1 N–H and O–H groups in total. The van der Waals surface area contributed by atoms with Crippen molar-refractivity contribution in [1.82, 2.24) is 10.2 Å². The van der Waals surface area contributed by atoms with E-state index in [0.29, 0.717) is 0 Å². The molecular formula is C16H26N2. The van der Waals surface area contributed by atoms with Crippen molar-refractivity contribution < 1.29 is 0 Å². The van der Waals surface area contributed by atoms with Crippen molar-refractivity contribution >= 4 is 0 Å². The van der Waals surface area contributed by atoms with E-state index in [0.717, 1.165) is 25.4 Å². The first kappa shape index (κ1) is 13.6. The Kier molecular flexibility index (Phi) is 5.21. The molecule has 0 aromatic heterocycles. The molecule has 0 spiro atoms. The summed E-state index contributed by atoms with van der Waals surface area (Å²) in [4.78, 5) is 2.46. The van der Waals surface area contributed by atoms with Crippen LogP contribution >= 0.6 is 0 Å². The van der Waals surface area contributed by atoms with Gasteiger partial charge in [0.05, 0.1) is 0 Å². The Bertz CT molecular complexity index is 341. The van der Waals surface area contributed by atoms with E-state index in [2.05, 4.69) is 41.5 Å². The van der Waals surface area contributed by atoms with Crippen LogP contribution in [0.15, 0.2) is 24.3 Å². The zero-order chi connectivity index (χ0) is 12.8. The van der Waals surface area contributed by atoms with Crippen LogP contribution in [0.5, 0.6) is 0 Å². The highest BCUT2D eigenvalue weighted by molar-refractivity contribution is 5.22. The fraction of sp³-hybridized carbons (Fsp3) is 0.625. The average molecular weight is 246 g/mol. The van der Waals surface area contributed by atoms with Crippen LogP contribution in [0.2, 0.25) is 0 Å². The summed E-state index contributed by atoms with van der Waals surface area (Å²) in [5, 5.41) is 3.19. The molecule has 0 heterocycles. The Balaban J connectivity index is 1.77. The Hall–Kier alpha value is -0.860. The molecular weight excluding hydrogens is 220 g/mol. The topological polar surface area (TPSA) is 15.3 Å². The predicted molar refractivity (Wildman–Crippen MR) is 77.7 cm³/mol. The second kappa shape index (κ2) is 6.91. The fourth-order valence-corrected chi connectivity index (χ4v) is 2.57. The zero-order valence-corrected chi connectivity index (χ0v) is 11.8. The lowest BCUT2D eigenvalue weighted by molar-refractivity contribution is 0.200. The van der Waals surface area contributed by atoms with Crippen LogP contribution in [-0.2, 0) is 13.0 Å². The summed E-state index contributed by atoms with van der Waals surface area (Å²) < 4.78 is 0. The second-order valence-electron chi connectivity index (χ2n) is 5.66. The third-order valence-electron chi connectivity index (χ3n) is 3.93. The van der Waals surface area contributed by atoms with E-state index in [-0.39, 0.29) is 0 Å². The van der Waals surface area contributed by atoms with Crippen molar-refractivity contribution in [2.24, 2.45) is 5.92 Å². The summed E-state index contributed by atoms with van der Waals surface area (Å²) in [6, 6.07) is 9.10. The number of likely N-dealkylation sites (N-methyl/N-ethyl adjacent to an activating group) is 1. The number of nitrogens with one attached hydrogen (secondary N) is 1. The van der Waals surface area contributed by atoms with Gasteiger partial charge in [0.1, 0.15) is 0 Å². The highest BCUT2D eigenvalue weighted by Gasteiger charge is 2.18. The molecule has 1 fully saturated rings. The van der Waals surface area contributed by atoms with E-state index in [9.17, 15) is 0 Å². The summed E-state index contributed by atoms with van der Waals surface area (Å²) in [6.07, 6.45) is 5.44. The van der Waals surface area contributed by atoms with Crippen LogP contribution in [0.4, 0.5) is 0 Å². The molecule has 1 aromatic carbocycles. The number of hydrogen-bond donors (Lipinski definition) is 1. The van der Waals surface area contributed by atoms with Crippen molar-refractivity contribution in [2.45, 2.75) is 32.2 Å². The first-order valence-electron chi connectivity index (χ1n) is 7.19. The van der Waals surface area contributed by atoms with E-state index >= 15 is 0 Å². The van der Waals surface area contributed by atoms with Gasteiger partial charge in [-0.25, -0.2) is 0 Å². The van der Waals surface area contributed by atoms with Crippen LogP contribution in [-0.4, -0.2) is 32.1 Å². The van der Waals surface area contributed by atoms with Gasteiger partial charge in [-0.05, 0) is 56.9 Å². The monoisotopic (exact) mass is 246 g/mol. The first-order chi connectivity index (χ1) is 8.78. The van der Waals surface area contributed by atoms with Crippen LogP contribution in [0.25, 0.3) is 0 Å². The van der Waals surface area contributed by atoms with Gasteiger partial charge in [-0.3, -0.25) is 0 Å². The summed E-state index contributed by atoms with van der Waals surface area (Å²) >= 11 is 0.